The van der Waals surface area contributed by atoms with Crippen molar-refractivity contribution in [1.82, 2.24) is 15.6 Å². The highest BCUT2D eigenvalue weighted by Gasteiger charge is 2.33. The molecule has 0 atom stereocenters. The Balaban J connectivity index is 1.99. The van der Waals surface area contributed by atoms with Gasteiger partial charge in [-0.25, -0.2) is 14.4 Å². The smallest absolute Gasteiger partial charge is 0.434 e. The fourth-order valence-corrected chi connectivity index (χ4v) is 2.85. The fraction of sp³-hybridized carbons (Fsp3) is 0.412. The summed E-state index contributed by atoms with van der Waals surface area (Å²) < 4.78 is 56.8. The van der Waals surface area contributed by atoms with Gasteiger partial charge in [-0.05, 0) is 31.5 Å². The Bertz CT molecular complexity index is 777. The molecule has 0 saturated carbocycles. The molecule has 0 amide bonds. The Labute approximate surface area is 158 Å². The molecule has 0 aliphatic heterocycles. The van der Waals surface area contributed by atoms with Gasteiger partial charge in [0.1, 0.15) is 5.01 Å². The number of thiazole rings is 1. The summed E-state index contributed by atoms with van der Waals surface area (Å²) in [6, 6.07) is 4.59. The lowest BCUT2D eigenvalue weighted by Crippen LogP contribution is -2.36. The van der Waals surface area contributed by atoms with Gasteiger partial charge >= 0.3 is 6.18 Å². The average molecular weight is 404 g/mol. The first-order valence-corrected chi connectivity index (χ1v) is 9.16. The molecular formula is C17H20F4N4OS. The van der Waals surface area contributed by atoms with E-state index < -0.39 is 17.7 Å². The molecule has 10 heteroatoms. The minimum atomic E-state index is -4.45. The first-order chi connectivity index (χ1) is 12.8. The van der Waals surface area contributed by atoms with Crippen molar-refractivity contribution in [2.75, 3.05) is 13.2 Å². The predicted octanol–water partition coefficient (Wildman–Crippen LogP) is 3.96. The van der Waals surface area contributed by atoms with Crippen molar-refractivity contribution >= 4 is 17.3 Å². The molecule has 1 heterocycles. The lowest BCUT2D eigenvalue weighted by atomic mass is 10.2. The van der Waals surface area contributed by atoms with Gasteiger partial charge in [0.05, 0.1) is 19.7 Å². The Morgan fingerprint density at radius 1 is 1.26 bits per heavy atom. The van der Waals surface area contributed by atoms with E-state index in [9.17, 15) is 17.6 Å². The van der Waals surface area contributed by atoms with Gasteiger partial charge in [-0.3, -0.25) is 0 Å². The third-order valence-corrected chi connectivity index (χ3v) is 4.16. The topological polar surface area (TPSA) is 58.5 Å². The van der Waals surface area contributed by atoms with Gasteiger partial charge in [0.15, 0.2) is 23.2 Å². The number of halogens is 4. The summed E-state index contributed by atoms with van der Waals surface area (Å²) >= 11 is 0.919. The maximum atomic E-state index is 13.9. The average Bonchev–Trinajstić information content (AvgIpc) is 3.09. The van der Waals surface area contributed by atoms with Crippen LogP contribution in [0, 0.1) is 5.82 Å². The van der Waals surface area contributed by atoms with Crippen LogP contribution in [0.15, 0.2) is 28.6 Å². The van der Waals surface area contributed by atoms with Crippen molar-refractivity contribution in [2.45, 2.75) is 33.1 Å². The minimum Gasteiger partial charge on any atom is -0.491 e. The van der Waals surface area contributed by atoms with Crippen LogP contribution >= 0.6 is 11.3 Å². The van der Waals surface area contributed by atoms with Crippen LogP contribution in [0.25, 0.3) is 0 Å². The molecule has 0 bridgehead atoms. The maximum Gasteiger partial charge on any atom is 0.434 e. The van der Waals surface area contributed by atoms with Crippen LogP contribution in [0.2, 0.25) is 0 Å². The van der Waals surface area contributed by atoms with E-state index in [0.29, 0.717) is 29.7 Å². The molecule has 0 unspecified atom stereocenters. The third-order valence-electron chi connectivity index (χ3n) is 3.31. The van der Waals surface area contributed by atoms with Gasteiger partial charge in [-0.15, -0.1) is 11.3 Å². The van der Waals surface area contributed by atoms with Crippen molar-refractivity contribution < 1.29 is 22.3 Å². The molecule has 0 saturated heterocycles. The monoisotopic (exact) mass is 404 g/mol. The highest BCUT2D eigenvalue weighted by atomic mass is 32.1. The molecule has 5 nitrogen and oxygen atoms in total. The van der Waals surface area contributed by atoms with Crippen LogP contribution in [0.4, 0.5) is 17.6 Å². The summed E-state index contributed by atoms with van der Waals surface area (Å²) in [5.41, 5.74) is -0.266. The lowest BCUT2D eigenvalue weighted by Gasteiger charge is -2.10. The molecule has 148 valence electrons. The molecule has 0 spiro atoms. The van der Waals surface area contributed by atoms with E-state index in [1.54, 1.807) is 13.0 Å². The summed E-state index contributed by atoms with van der Waals surface area (Å²) in [5, 5.41) is 7.17. The zero-order valence-electron chi connectivity index (χ0n) is 14.9. The summed E-state index contributed by atoms with van der Waals surface area (Å²) in [7, 11) is 0. The summed E-state index contributed by atoms with van der Waals surface area (Å²) in [6.07, 6.45) is -4.45. The number of hydrogen-bond donors (Lipinski definition) is 2. The second-order valence-electron chi connectivity index (χ2n) is 5.37. The van der Waals surface area contributed by atoms with E-state index in [0.717, 1.165) is 16.7 Å². The maximum absolute atomic E-state index is 13.9. The van der Waals surface area contributed by atoms with Gasteiger partial charge in [0.25, 0.3) is 0 Å². The van der Waals surface area contributed by atoms with Crippen LogP contribution in [0.3, 0.4) is 0 Å². The van der Waals surface area contributed by atoms with Crippen molar-refractivity contribution in [3.8, 4) is 5.75 Å². The van der Waals surface area contributed by atoms with Crippen molar-refractivity contribution in [2.24, 2.45) is 4.99 Å². The number of nitrogens with one attached hydrogen (secondary N) is 2. The molecule has 0 aliphatic rings. The number of aromatic nitrogens is 1. The Morgan fingerprint density at radius 3 is 2.63 bits per heavy atom. The van der Waals surface area contributed by atoms with E-state index in [1.807, 2.05) is 6.92 Å². The molecule has 1 aromatic heterocycles. The van der Waals surface area contributed by atoms with Gasteiger partial charge in [-0.1, -0.05) is 6.07 Å². The first kappa shape index (κ1) is 20.9. The van der Waals surface area contributed by atoms with Crippen LogP contribution in [-0.4, -0.2) is 24.1 Å². The summed E-state index contributed by atoms with van der Waals surface area (Å²) in [5.74, 6) is 0.111. The number of nitrogens with zero attached hydrogens (tertiary/aromatic N) is 2. The second kappa shape index (κ2) is 9.54. The summed E-state index contributed by atoms with van der Waals surface area (Å²) in [4.78, 5) is 7.87. The Morgan fingerprint density at radius 2 is 2.04 bits per heavy atom. The highest BCUT2D eigenvalue weighted by molar-refractivity contribution is 7.09. The quantitative estimate of drug-likeness (QED) is 0.417. The largest absolute Gasteiger partial charge is 0.491 e. The normalized spacial score (nSPS) is 12.1. The molecule has 2 N–H and O–H groups in total. The number of aliphatic imine (C=N–C) groups is 1. The van der Waals surface area contributed by atoms with Gasteiger partial charge in [0.2, 0.25) is 0 Å². The molecule has 2 aromatic rings. The zero-order chi connectivity index (χ0) is 19.9. The van der Waals surface area contributed by atoms with Gasteiger partial charge < -0.3 is 15.4 Å². The van der Waals surface area contributed by atoms with Crippen molar-refractivity contribution in [3.63, 3.8) is 0 Å². The molecule has 2 rings (SSSR count). The summed E-state index contributed by atoms with van der Waals surface area (Å²) in [6.45, 7) is 4.87. The Kier molecular flexibility index (Phi) is 7.40. The lowest BCUT2D eigenvalue weighted by molar-refractivity contribution is -0.140. The molecule has 0 aliphatic carbocycles. The standard InChI is InChI=1S/C17H20F4N4OS/c1-3-22-16(24-9-15-25-14(10-27-15)17(19,20)21)23-8-11-5-6-13(26-4-2)12(18)7-11/h5-7,10H,3-4,8-9H2,1-2H3,(H2,22,23,24). The Hall–Kier alpha value is -2.36. The third kappa shape index (κ3) is 6.38. The van der Waals surface area contributed by atoms with E-state index in [1.165, 1.54) is 12.1 Å². The number of ether oxygens (including phenoxy) is 1. The van der Waals surface area contributed by atoms with E-state index in [4.69, 9.17) is 4.74 Å². The predicted molar refractivity (Wildman–Crippen MR) is 96.3 cm³/mol. The van der Waals surface area contributed by atoms with Crippen LogP contribution in [0.5, 0.6) is 5.75 Å². The number of hydrogen-bond acceptors (Lipinski definition) is 4. The zero-order valence-corrected chi connectivity index (χ0v) is 15.7. The number of alkyl halides is 3. The molecular weight excluding hydrogens is 384 g/mol. The van der Waals surface area contributed by atoms with Gasteiger partial charge in [-0.2, -0.15) is 13.2 Å². The fourth-order valence-electron chi connectivity index (χ4n) is 2.11. The van der Waals surface area contributed by atoms with Crippen LogP contribution in [0.1, 0.15) is 30.1 Å². The SMILES string of the molecule is CCNC(=NCc1ccc(OCC)c(F)c1)NCc1nc(C(F)(F)F)cs1. The number of guanidine groups is 1. The van der Waals surface area contributed by atoms with Crippen molar-refractivity contribution in [1.29, 1.82) is 0 Å². The first-order valence-electron chi connectivity index (χ1n) is 8.28. The minimum absolute atomic E-state index is 0.101. The number of rotatable bonds is 7. The van der Waals surface area contributed by atoms with E-state index in [-0.39, 0.29) is 18.8 Å². The van der Waals surface area contributed by atoms with E-state index in [2.05, 4.69) is 20.6 Å². The molecule has 1 aromatic carbocycles. The van der Waals surface area contributed by atoms with E-state index >= 15 is 0 Å². The van der Waals surface area contributed by atoms with Gasteiger partial charge in [0, 0.05) is 11.9 Å². The number of benzene rings is 1. The van der Waals surface area contributed by atoms with Crippen molar-refractivity contribution in [3.05, 3.63) is 45.7 Å². The highest BCUT2D eigenvalue weighted by Crippen LogP contribution is 2.29. The molecule has 0 fully saturated rings. The van der Waals surface area contributed by atoms with Crippen LogP contribution in [-0.2, 0) is 19.3 Å². The second-order valence-corrected chi connectivity index (χ2v) is 6.31. The molecule has 0 radical (unpaired) electrons. The molecule has 27 heavy (non-hydrogen) atoms. The van der Waals surface area contributed by atoms with Crippen LogP contribution < -0.4 is 15.4 Å².